The fourth-order valence-corrected chi connectivity index (χ4v) is 3.92. The van der Waals surface area contributed by atoms with Crippen LogP contribution in [0.15, 0.2) is 42.5 Å². The summed E-state index contributed by atoms with van der Waals surface area (Å²) in [4.78, 5) is 29.2. The van der Waals surface area contributed by atoms with Crippen molar-refractivity contribution in [3.63, 3.8) is 0 Å². The van der Waals surface area contributed by atoms with Crippen molar-refractivity contribution in [2.75, 3.05) is 39.4 Å². The minimum atomic E-state index is -0.390. The maximum absolute atomic E-state index is 13.8. The van der Waals surface area contributed by atoms with Crippen molar-refractivity contribution in [2.24, 2.45) is 0 Å². The SMILES string of the molecule is Cc1ccc(C(=O)N2CCN(C(=O)c3ccccc3OCC3CCCO3)CC2)cc1F. The molecule has 164 valence electrons. The molecule has 7 heteroatoms. The zero-order valence-electron chi connectivity index (χ0n) is 17.7. The van der Waals surface area contributed by atoms with E-state index in [1.165, 1.54) is 6.07 Å². The highest BCUT2D eigenvalue weighted by Gasteiger charge is 2.27. The molecule has 2 amide bonds. The van der Waals surface area contributed by atoms with Crippen LogP contribution in [-0.4, -0.2) is 67.1 Å². The fourth-order valence-electron chi connectivity index (χ4n) is 3.92. The molecule has 4 rings (SSSR count). The van der Waals surface area contributed by atoms with E-state index in [1.54, 1.807) is 41.0 Å². The Kier molecular flexibility index (Phi) is 6.51. The van der Waals surface area contributed by atoms with Crippen LogP contribution in [0, 0.1) is 12.7 Å². The van der Waals surface area contributed by atoms with Gasteiger partial charge < -0.3 is 19.3 Å². The molecule has 2 saturated heterocycles. The number of piperazine rings is 1. The first-order chi connectivity index (χ1) is 15.0. The predicted molar refractivity (Wildman–Crippen MR) is 114 cm³/mol. The average Bonchev–Trinajstić information content (AvgIpc) is 3.32. The zero-order valence-corrected chi connectivity index (χ0v) is 17.7. The van der Waals surface area contributed by atoms with Crippen LogP contribution in [0.5, 0.6) is 5.75 Å². The first-order valence-electron chi connectivity index (χ1n) is 10.7. The Labute approximate surface area is 181 Å². The lowest BCUT2D eigenvalue weighted by molar-refractivity contribution is 0.0524. The summed E-state index contributed by atoms with van der Waals surface area (Å²) in [6, 6.07) is 11.7. The summed E-state index contributed by atoms with van der Waals surface area (Å²) in [6.45, 7) is 4.48. The van der Waals surface area contributed by atoms with Crippen molar-refractivity contribution in [1.29, 1.82) is 0 Å². The topological polar surface area (TPSA) is 59.1 Å². The summed E-state index contributed by atoms with van der Waals surface area (Å²) in [5.74, 6) is -0.168. The first kappa shape index (κ1) is 21.3. The number of halogens is 1. The highest BCUT2D eigenvalue weighted by molar-refractivity contribution is 5.97. The highest BCUT2D eigenvalue weighted by Crippen LogP contribution is 2.23. The third kappa shape index (κ3) is 4.88. The molecular formula is C24H27FN2O4. The summed E-state index contributed by atoms with van der Waals surface area (Å²) >= 11 is 0. The van der Waals surface area contributed by atoms with E-state index in [0.29, 0.717) is 55.2 Å². The van der Waals surface area contributed by atoms with Gasteiger partial charge in [0, 0.05) is 38.3 Å². The molecule has 0 radical (unpaired) electrons. The number of hydrogen-bond donors (Lipinski definition) is 0. The summed E-state index contributed by atoms with van der Waals surface area (Å²) in [6.07, 6.45) is 2.08. The molecule has 0 aliphatic carbocycles. The highest BCUT2D eigenvalue weighted by atomic mass is 19.1. The molecule has 2 aromatic carbocycles. The molecule has 2 aliphatic heterocycles. The second-order valence-electron chi connectivity index (χ2n) is 7.99. The largest absolute Gasteiger partial charge is 0.490 e. The third-order valence-corrected chi connectivity index (χ3v) is 5.84. The molecule has 0 spiro atoms. The van der Waals surface area contributed by atoms with E-state index in [-0.39, 0.29) is 23.7 Å². The fraction of sp³-hybridized carbons (Fsp3) is 0.417. The molecule has 2 aliphatic rings. The smallest absolute Gasteiger partial charge is 0.257 e. The zero-order chi connectivity index (χ0) is 21.8. The summed E-state index contributed by atoms with van der Waals surface area (Å²) < 4.78 is 25.3. The lowest BCUT2D eigenvalue weighted by Gasteiger charge is -2.35. The minimum Gasteiger partial charge on any atom is -0.490 e. The number of para-hydroxylation sites is 1. The van der Waals surface area contributed by atoms with Gasteiger partial charge in [-0.05, 0) is 49.6 Å². The Bertz CT molecular complexity index is 950. The van der Waals surface area contributed by atoms with Crippen LogP contribution >= 0.6 is 0 Å². The summed E-state index contributed by atoms with van der Waals surface area (Å²) in [5, 5.41) is 0. The van der Waals surface area contributed by atoms with E-state index in [4.69, 9.17) is 9.47 Å². The van der Waals surface area contributed by atoms with Crippen LogP contribution in [0.1, 0.15) is 39.1 Å². The van der Waals surface area contributed by atoms with E-state index in [1.807, 2.05) is 12.1 Å². The number of carbonyl (C=O) groups is 2. The lowest BCUT2D eigenvalue weighted by atomic mass is 10.1. The number of hydrogen-bond acceptors (Lipinski definition) is 4. The second-order valence-corrected chi connectivity index (χ2v) is 7.99. The molecule has 1 atom stereocenters. The normalized spacial score (nSPS) is 18.8. The summed E-state index contributed by atoms with van der Waals surface area (Å²) in [7, 11) is 0. The monoisotopic (exact) mass is 426 g/mol. The summed E-state index contributed by atoms with van der Waals surface area (Å²) in [5.41, 5.74) is 1.35. The molecule has 0 bridgehead atoms. The number of benzene rings is 2. The van der Waals surface area contributed by atoms with Crippen LogP contribution in [0.3, 0.4) is 0 Å². The molecule has 0 saturated carbocycles. The van der Waals surface area contributed by atoms with Crippen LogP contribution in [0.25, 0.3) is 0 Å². The molecule has 0 N–H and O–H groups in total. The van der Waals surface area contributed by atoms with Crippen LogP contribution < -0.4 is 4.74 Å². The molecule has 0 aromatic heterocycles. The van der Waals surface area contributed by atoms with Crippen LogP contribution in [0.4, 0.5) is 4.39 Å². The number of aryl methyl sites for hydroxylation is 1. The average molecular weight is 426 g/mol. The molecule has 2 heterocycles. The Morgan fingerprint density at radius 1 is 1.06 bits per heavy atom. The van der Waals surface area contributed by atoms with E-state index in [9.17, 15) is 14.0 Å². The molecule has 2 aromatic rings. The Hall–Kier alpha value is -2.93. The van der Waals surface area contributed by atoms with Crippen molar-refractivity contribution in [3.8, 4) is 5.75 Å². The van der Waals surface area contributed by atoms with Crippen molar-refractivity contribution in [1.82, 2.24) is 9.80 Å². The molecule has 31 heavy (non-hydrogen) atoms. The molecule has 6 nitrogen and oxygen atoms in total. The van der Waals surface area contributed by atoms with Crippen LogP contribution in [0.2, 0.25) is 0 Å². The van der Waals surface area contributed by atoms with Crippen molar-refractivity contribution < 1.29 is 23.5 Å². The van der Waals surface area contributed by atoms with E-state index in [2.05, 4.69) is 0 Å². The van der Waals surface area contributed by atoms with Gasteiger partial charge in [0.2, 0.25) is 0 Å². The Morgan fingerprint density at radius 3 is 2.45 bits per heavy atom. The number of carbonyl (C=O) groups excluding carboxylic acids is 2. The van der Waals surface area contributed by atoms with E-state index >= 15 is 0 Å². The quantitative estimate of drug-likeness (QED) is 0.736. The van der Waals surface area contributed by atoms with Crippen LogP contribution in [-0.2, 0) is 4.74 Å². The van der Waals surface area contributed by atoms with Crippen molar-refractivity contribution >= 4 is 11.8 Å². The number of rotatable bonds is 5. The van der Waals surface area contributed by atoms with Gasteiger partial charge in [0.1, 0.15) is 18.2 Å². The number of nitrogens with zero attached hydrogens (tertiary/aromatic N) is 2. The number of ether oxygens (including phenoxy) is 2. The number of amides is 2. The second kappa shape index (κ2) is 9.47. The van der Waals surface area contributed by atoms with Gasteiger partial charge in [0.15, 0.2) is 0 Å². The molecule has 2 fully saturated rings. The van der Waals surface area contributed by atoms with Gasteiger partial charge >= 0.3 is 0 Å². The predicted octanol–water partition coefficient (Wildman–Crippen LogP) is 3.29. The van der Waals surface area contributed by atoms with Gasteiger partial charge in [-0.2, -0.15) is 0 Å². The molecular weight excluding hydrogens is 399 g/mol. The standard InChI is InChI=1S/C24H27FN2O4/c1-17-8-9-18(15-21(17)25)23(28)26-10-12-27(13-11-26)24(29)20-6-2-3-7-22(20)31-16-19-5-4-14-30-19/h2-3,6-9,15,19H,4-5,10-14,16H2,1H3. The van der Waals surface area contributed by atoms with Gasteiger partial charge in [-0.15, -0.1) is 0 Å². The van der Waals surface area contributed by atoms with Gasteiger partial charge in [-0.3, -0.25) is 9.59 Å². The van der Waals surface area contributed by atoms with Gasteiger partial charge in [-0.1, -0.05) is 18.2 Å². The minimum absolute atomic E-state index is 0.0735. The Balaban J connectivity index is 1.37. The van der Waals surface area contributed by atoms with Crippen molar-refractivity contribution in [3.05, 3.63) is 65.0 Å². The van der Waals surface area contributed by atoms with Gasteiger partial charge in [0.05, 0.1) is 11.7 Å². The van der Waals surface area contributed by atoms with E-state index < -0.39 is 0 Å². The Morgan fingerprint density at radius 2 is 1.77 bits per heavy atom. The van der Waals surface area contributed by atoms with Gasteiger partial charge in [-0.25, -0.2) is 4.39 Å². The van der Waals surface area contributed by atoms with Gasteiger partial charge in [0.25, 0.3) is 11.8 Å². The third-order valence-electron chi connectivity index (χ3n) is 5.84. The van der Waals surface area contributed by atoms with Crippen molar-refractivity contribution in [2.45, 2.75) is 25.9 Å². The maximum Gasteiger partial charge on any atom is 0.257 e. The molecule has 1 unspecified atom stereocenters. The maximum atomic E-state index is 13.8. The lowest BCUT2D eigenvalue weighted by Crippen LogP contribution is -2.50. The van der Waals surface area contributed by atoms with E-state index in [0.717, 1.165) is 19.4 Å². The first-order valence-corrected chi connectivity index (χ1v) is 10.7.